The molecule has 0 bridgehead atoms. The topological polar surface area (TPSA) is 29.5 Å². The molecule has 0 radical (unpaired) electrons. The fraction of sp³-hybridized carbons (Fsp3) is 0.538. The van der Waals surface area contributed by atoms with E-state index in [0.717, 1.165) is 0 Å². The second-order valence-electron chi connectivity index (χ2n) is 3.87. The quantitative estimate of drug-likeness (QED) is 0.775. The molecule has 1 aromatic rings. The van der Waals surface area contributed by atoms with E-state index in [1.54, 1.807) is 11.8 Å². The van der Waals surface area contributed by atoms with Crippen molar-refractivity contribution in [1.29, 1.82) is 0 Å². The van der Waals surface area contributed by atoms with Gasteiger partial charge in [-0.25, -0.2) is 0 Å². The number of hydrogen-bond acceptors (Lipinski definition) is 3. The summed E-state index contributed by atoms with van der Waals surface area (Å²) in [4.78, 5) is 1.21. The highest BCUT2D eigenvalue weighted by molar-refractivity contribution is 7.99. The fourth-order valence-corrected chi connectivity index (χ4v) is 2.20. The first kappa shape index (κ1) is 13.6. The van der Waals surface area contributed by atoms with Crippen LogP contribution in [0.25, 0.3) is 0 Å². The van der Waals surface area contributed by atoms with Crippen molar-refractivity contribution in [3.63, 3.8) is 0 Å². The monoisotopic (exact) mass is 240 g/mol. The zero-order valence-corrected chi connectivity index (χ0v) is 11.0. The van der Waals surface area contributed by atoms with Crippen molar-refractivity contribution in [2.24, 2.45) is 0 Å². The minimum Gasteiger partial charge on any atom is -0.390 e. The van der Waals surface area contributed by atoms with Crippen LogP contribution in [0, 0.1) is 13.8 Å². The van der Waals surface area contributed by atoms with Gasteiger partial charge in [-0.1, -0.05) is 6.07 Å². The lowest BCUT2D eigenvalue weighted by Gasteiger charge is -2.10. The van der Waals surface area contributed by atoms with E-state index < -0.39 is 0 Å². The second-order valence-corrected chi connectivity index (χ2v) is 4.96. The fourth-order valence-electron chi connectivity index (χ4n) is 1.30. The summed E-state index contributed by atoms with van der Waals surface area (Å²) in [6.45, 7) is 7.23. The molecule has 1 unspecified atom stereocenters. The van der Waals surface area contributed by atoms with Crippen LogP contribution in [-0.2, 0) is 4.74 Å². The number of rotatable bonds is 6. The Balaban J connectivity index is 2.39. The molecule has 0 aliphatic carbocycles. The molecule has 0 amide bonds. The summed E-state index contributed by atoms with van der Waals surface area (Å²) in [5.41, 5.74) is 2.60. The summed E-state index contributed by atoms with van der Waals surface area (Å²) in [6.07, 6.45) is -0.383. The molecule has 0 aliphatic rings. The predicted molar refractivity (Wildman–Crippen MR) is 69.1 cm³/mol. The predicted octanol–water partition coefficient (Wildman–Crippen LogP) is 2.79. The van der Waals surface area contributed by atoms with Crippen molar-refractivity contribution in [3.8, 4) is 0 Å². The third-order valence-corrected chi connectivity index (χ3v) is 3.57. The van der Waals surface area contributed by atoms with Gasteiger partial charge in [0.25, 0.3) is 0 Å². The lowest BCUT2D eigenvalue weighted by Crippen LogP contribution is -2.17. The average Bonchev–Trinajstić information content (AvgIpc) is 2.28. The largest absolute Gasteiger partial charge is 0.390 e. The number of benzene rings is 1. The standard InChI is InChI=1S/C13H20O2S/c1-4-15-8-12(14)9-16-13-6-5-10(2)11(3)7-13/h5-7,12,14H,4,8-9H2,1-3H3. The first-order valence-electron chi connectivity index (χ1n) is 5.59. The smallest absolute Gasteiger partial charge is 0.0867 e. The van der Waals surface area contributed by atoms with E-state index >= 15 is 0 Å². The van der Waals surface area contributed by atoms with E-state index in [0.29, 0.717) is 19.0 Å². The lowest BCUT2D eigenvalue weighted by atomic mass is 10.1. The van der Waals surface area contributed by atoms with Crippen molar-refractivity contribution in [1.82, 2.24) is 0 Å². The Morgan fingerprint density at radius 1 is 1.31 bits per heavy atom. The van der Waals surface area contributed by atoms with Crippen LogP contribution in [0.1, 0.15) is 18.1 Å². The summed E-state index contributed by atoms with van der Waals surface area (Å²) < 4.78 is 5.16. The SMILES string of the molecule is CCOCC(O)CSc1ccc(C)c(C)c1. The van der Waals surface area contributed by atoms with Crippen LogP contribution in [-0.4, -0.2) is 30.2 Å². The maximum absolute atomic E-state index is 9.62. The molecule has 2 nitrogen and oxygen atoms in total. The zero-order valence-electron chi connectivity index (χ0n) is 10.2. The Kier molecular flexibility index (Phi) is 5.88. The third-order valence-electron chi connectivity index (χ3n) is 2.44. The molecule has 0 spiro atoms. The van der Waals surface area contributed by atoms with E-state index in [4.69, 9.17) is 4.74 Å². The van der Waals surface area contributed by atoms with Crippen LogP contribution in [0.5, 0.6) is 0 Å². The molecule has 0 saturated heterocycles. The average molecular weight is 240 g/mol. The summed E-state index contributed by atoms with van der Waals surface area (Å²) in [6, 6.07) is 6.38. The number of aliphatic hydroxyl groups is 1. The van der Waals surface area contributed by atoms with Crippen molar-refractivity contribution >= 4 is 11.8 Å². The first-order valence-corrected chi connectivity index (χ1v) is 6.58. The van der Waals surface area contributed by atoms with Gasteiger partial charge in [-0.3, -0.25) is 0 Å². The lowest BCUT2D eigenvalue weighted by molar-refractivity contribution is 0.0551. The molecule has 0 aliphatic heterocycles. The molecule has 1 N–H and O–H groups in total. The highest BCUT2D eigenvalue weighted by atomic mass is 32.2. The molecule has 1 aromatic carbocycles. The molecule has 90 valence electrons. The number of hydrogen-bond donors (Lipinski definition) is 1. The Morgan fingerprint density at radius 2 is 2.06 bits per heavy atom. The Hall–Kier alpha value is -0.510. The molecule has 0 heterocycles. The Labute approximate surface area is 102 Å². The summed E-state index contributed by atoms with van der Waals surface area (Å²) >= 11 is 1.67. The maximum atomic E-state index is 9.62. The molecular weight excluding hydrogens is 220 g/mol. The van der Waals surface area contributed by atoms with Crippen LogP contribution < -0.4 is 0 Å². The first-order chi connectivity index (χ1) is 7.63. The van der Waals surface area contributed by atoms with Crippen LogP contribution in [0.3, 0.4) is 0 Å². The van der Waals surface area contributed by atoms with Crippen molar-refractivity contribution < 1.29 is 9.84 Å². The normalized spacial score (nSPS) is 12.8. The van der Waals surface area contributed by atoms with Gasteiger partial charge in [0.05, 0.1) is 12.7 Å². The second kappa shape index (κ2) is 6.94. The Bertz CT molecular complexity index is 326. The third kappa shape index (κ3) is 4.56. The van der Waals surface area contributed by atoms with Gasteiger partial charge in [0.15, 0.2) is 0 Å². The van der Waals surface area contributed by atoms with Crippen molar-refractivity contribution in [2.75, 3.05) is 19.0 Å². The molecule has 3 heteroatoms. The summed E-state index contributed by atoms with van der Waals surface area (Å²) in [5.74, 6) is 0.683. The minimum atomic E-state index is -0.383. The van der Waals surface area contributed by atoms with E-state index in [1.165, 1.54) is 16.0 Å². The zero-order chi connectivity index (χ0) is 12.0. The van der Waals surface area contributed by atoms with Gasteiger partial charge in [0, 0.05) is 17.3 Å². The number of ether oxygens (including phenoxy) is 1. The Morgan fingerprint density at radius 3 is 2.69 bits per heavy atom. The molecule has 1 atom stereocenters. The summed E-state index contributed by atoms with van der Waals surface area (Å²) in [5, 5.41) is 9.62. The van der Waals surface area contributed by atoms with E-state index in [9.17, 15) is 5.11 Å². The van der Waals surface area contributed by atoms with Gasteiger partial charge in [-0.05, 0) is 44.0 Å². The number of aryl methyl sites for hydroxylation is 2. The van der Waals surface area contributed by atoms with Gasteiger partial charge in [-0.2, -0.15) is 0 Å². The van der Waals surface area contributed by atoms with Crippen LogP contribution in [0.15, 0.2) is 23.1 Å². The number of thioether (sulfide) groups is 1. The van der Waals surface area contributed by atoms with Gasteiger partial charge in [0.2, 0.25) is 0 Å². The highest BCUT2D eigenvalue weighted by Gasteiger charge is 2.05. The molecule has 0 fully saturated rings. The van der Waals surface area contributed by atoms with Gasteiger partial charge < -0.3 is 9.84 Å². The van der Waals surface area contributed by atoms with Crippen LogP contribution >= 0.6 is 11.8 Å². The van der Waals surface area contributed by atoms with Crippen LogP contribution in [0.2, 0.25) is 0 Å². The maximum Gasteiger partial charge on any atom is 0.0867 e. The van der Waals surface area contributed by atoms with Crippen molar-refractivity contribution in [2.45, 2.75) is 31.8 Å². The van der Waals surface area contributed by atoms with Crippen molar-refractivity contribution in [3.05, 3.63) is 29.3 Å². The van der Waals surface area contributed by atoms with Crippen LogP contribution in [0.4, 0.5) is 0 Å². The summed E-state index contributed by atoms with van der Waals surface area (Å²) in [7, 11) is 0. The minimum absolute atomic E-state index is 0.383. The number of aliphatic hydroxyl groups excluding tert-OH is 1. The molecule has 0 aromatic heterocycles. The molecular formula is C13H20O2S. The molecule has 1 rings (SSSR count). The highest BCUT2D eigenvalue weighted by Crippen LogP contribution is 2.21. The van der Waals surface area contributed by atoms with Gasteiger partial charge in [0.1, 0.15) is 0 Å². The molecule has 0 saturated carbocycles. The van der Waals surface area contributed by atoms with E-state index in [-0.39, 0.29) is 6.10 Å². The van der Waals surface area contributed by atoms with E-state index in [1.807, 2.05) is 6.92 Å². The van der Waals surface area contributed by atoms with E-state index in [2.05, 4.69) is 32.0 Å². The van der Waals surface area contributed by atoms with Gasteiger partial charge >= 0.3 is 0 Å². The van der Waals surface area contributed by atoms with Gasteiger partial charge in [-0.15, -0.1) is 11.8 Å². The molecule has 16 heavy (non-hydrogen) atoms.